The summed E-state index contributed by atoms with van der Waals surface area (Å²) in [6.45, 7) is 3.54. The van der Waals surface area contributed by atoms with Gasteiger partial charge in [-0.25, -0.2) is 0 Å². The molecule has 0 saturated carbocycles. The van der Waals surface area contributed by atoms with Gasteiger partial charge in [-0.2, -0.15) is 18.3 Å². The van der Waals surface area contributed by atoms with Crippen molar-refractivity contribution in [2.75, 3.05) is 11.4 Å². The highest BCUT2D eigenvalue weighted by molar-refractivity contribution is 6.09. The van der Waals surface area contributed by atoms with Crippen molar-refractivity contribution in [1.82, 2.24) is 19.9 Å². The molecule has 4 aromatic rings. The van der Waals surface area contributed by atoms with E-state index in [2.05, 4.69) is 15.2 Å². The lowest BCUT2D eigenvalue weighted by molar-refractivity contribution is -0.138. The van der Waals surface area contributed by atoms with Crippen LogP contribution in [0.25, 0.3) is 22.6 Å². The van der Waals surface area contributed by atoms with Crippen molar-refractivity contribution in [3.05, 3.63) is 71.8 Å². The van der Waals surface area contributed by atoms with Crippen LogP contribution in [0.5, 0.6) is 0 Å². The summed E-state index contributed by atoms with van der Waals surface area (Å²) in [6.07, 6.45) is 0.387. The Kier molecular flexibility index (Phi) is 4.80. The lowest BCUT2D eigenvalue weighted by Gasteiger charge is -2.32. The van der Waals surface area contributed by atoms with Gasteiger partial charge in [0.15, 0.2) is 5.76 Å². The van der Waals surface area contributed by atoms with Crippen molar-refractivity contribution < 1.29 is 22.5 Å². The van der Waals surface area contributed by atoms with E-state index in [1.165, 1.54) is 24.0 Å². The van der Waals surface area contributed by atoms with Gasteiger partial charge in [0, 0.05) is 36.3 Å². The van der Waals surface area contributed by atoms with Gasteiger partial charge >= 0.3 is 6.18 Å². The molecule has 0 bridgehead atoms. The first-order chi connectivity index (χ1) is 15.7. The summed E-state index contributed by atoms with van der Waals surface area (Å²) < 4.78 is 46.6. The standard InChI is InChI=1S/C23H18F3N5O2/c1-13-8-16(5-6-18(13)23(24,25)26)30-12-14(2)31-21(22(30)32)17(11-28-31)20-9-19(29-33-20)15-4-3-7-27-10-15/h3-11,14H,12H2,1-2H3. The van der Waals surface area contributed by atoms with Crippen LogP contribution in [-0.2, 0) is 6.18 Å². The molecule has 0 N–H and O–H groups in total. The first-order valence-corrected chi connectivity index (χ1v) is 10.2. The maximum Gasteiger partial charge on any atom is 0.416 e. The lowest BCUT2D eigenvalue weighted by Crippen LogP contribution is -2.42. The first-order valence-electron chi connectivity index (χ1n) is 10.2. The van der Waals surface area contributed by atoms with Crippen LogP contribution >= 0.6 is 0 Å². The number of aromatic nitrogens is 4. The molecule has 0 fully saturated rings. The fourth-order valence-electron chi connectivity index (χ4n) is 4.05. The predicted molar refractivity (Wildman–Crippen MR) is 114 cm³/mol. The smallest absolute Gasteiger partial charge is 0.356 e. The highest BCUT2D eigenvalue weighted by Gasteiger charge is 2.36. The molecule has 0 spiro atoms. The number of anilines is 1. The molecule has 1 unspecified atom stereocenters. The summed E-state index contributed by atoms with van der Waals surface area (Å²) >= 11 is 0. The van der Waals surface area contributed by atoms with Crippen LogP contribution in [0.4, 0.5) is 18.9 Å². The van der Waals surface area contributed by atoms with Gasteiger partial charge in [-0.15, -0.1) is 0 Å². The first kappa shape index (κ1) is 20.9. The Balaban J connectivity index is 1.53. The average Bonchev–Trinajstić information content (AvgIpc) is 3.43. The second kappa shape index (κ2) is 7.58. The Labute approximate surface area is 186 Å². The molecule has 1 atom stereocenters. The fraction of sp³-hybridized carbons (Fsp3) is 0.217. The normalized spacial score (nSPS) is 16.2. The molecule has 5 rings (SSSR count). The highest BCUT2D eigenvalue weighted by atomic mass is 19.4. The average molecular weight is 453 g/mol. The zero-order valence-electron chi connectivity index (χ0n) is 17.7. The van der Waals surface area contributed by atoms with Crippen LogP contribution in [0.3, 0.4) is 0 Å². The molecule has 1 aromatic carbocycles. The van der Waals surface area contributed by atoms with Crippen LogP contribution in [0.15, 0.2) is 59.5 Å². The number of carbonyl (C=O) groups is 1. The molecule has 4 heterocycles. The largest absolute Gasteiger partial charge is 0.416 e. The molecule has 0 radical (unpaired) electrons. The monoisotopic (exact) mass is 453 g/mol. The number of nitrogens with zero attached hydrogens (tertiary/aromatic N) is 5. The maximum atomic E-state index is 13.5. The summed E-state index contributed by atoms with van der Waals surface area (Å²) in [7, 11) is 0. The summed E-state index contributed by atoms with van der Waals surface area (Å²) in [5, 5.41) is 8.43. The third-order valence-corrected chi connectivity index (χ3v) is 5.67. The Morgan fingerprint density at radius 2 is 1.97 bits per heavy atom. The Morgan fingerprint density at radius 1 is 1.15 bits per heavy atom. The van der Waals surface area contributed by atoms with Crippen LogP contribution in [0.2, 0.25) is 0 Å². The summed E-state index contributed by atoms with van der Waals surface area (Å²) in [5.41, 5.74) is 1.79. The summed E-state index contributed by atoms with van der Waals surface area (Å²) in [6, 6.07) is 8.83. The molecule has 1 aliphatic rings. The van der Waals surface area contributed by atoms with E-state index in [4.69, 9.17) is 4.52 Å². The third kappa shape index (κ3) is 3.57. The van der Waals surface area contributed by atoms with Gasteiger partial charge in [0.05, 0.1) is 23.4 Å². The van der Waals surface area contributed by atoms with E-state index in [0.29, 0.717) is 28.4 Å². The van der Waals surface area contributed by atoms with E-state index in [1.54, 1.807) is 35.4 Å². The molecular formula is C23H18F3N5O2. The van der Waals surface area contributed by atoms with Crippen molar-refractivity contribution in [1.29, 1.82) is 0 Å². The van der Waals surface area contributed by atoms with Crippen molar-refractivity contribution in [3.8, 4) is 22.6 Å². The fourth-order valence-corrected chi connectivity index (χ4v) is 4.05. The quantitative estimate of drug-likeness (QED) is 0.429. The number of fused-ring (bicyclic) bond motifs is 1. The van der Waals surface area contributed by atoms with Crippen molar-refractivity contribution in [3.63, 3.8) is 0 Å². The van der Waals surface area contributed by atoms with E-state index in [1.807, 2.05) is 13.0 Å². The number of carbonyl (C=O) groups excluding carboxylic acids is 1. The number of hydrogen-bond acceptors (Lipinski definition) is 5. The molecule has 33 heavy (non-hydrogen) atoms. The molecule has 1 amide bonds. The highest BCUT2D eigenvalue weighted by Crippen LogP contribution is 2.37. The summed E-state index contributed by atoms with van der Waals surface area (Å²) in [5.74, 6) is -0.0137. The Hall–Kier alpha value is -3.95. The van der Waals surface area contributed by atoms with E-state index in [9.17, 15) is 18.0 Å². The minimum atomic E-state index is -4.45. The molecule has 10 heteroatoms. The van der Waals surface area contributed by atoms with Crippen LogP contribution in [0, 0.1) is 6.92 Å². The third-order valence-electron chi connectivity index (χ3n) is 5.67. The molecular weight excluding hydrogens is 435 g/mol. The molecule has 0 aliphatic carbocycles. The van der Waals surface area contributed by atoms with E-state index in [-0.39, 0.29) is 24.1 Å². The SMILES string of the molecule is Cc1cc(N2CC(C)n3ncc(-c4cc(-c5cccnc5)no4)c3C2=O)ccc1C(F)(F)F. The number of hydrogen-bond donors (Lipinski definition) is 0. The number of pyridine rings is 1. The summed E-state index contributed by atoms with van der Waals surface area (Å²) in [4.78, 5) is 19.0. The van der Waals surface area contributed by atoms with Gasteiger partial charge in [0.25, 0.3) is 5.91 Å². The molecule has 168 valence electrons. The lowest BCUT2D eigenvalue weighted by atomic mass is 10.0. The Bertz CT molecular complexity index is 1340. The second-order valence-electron chi connectivity index (χ2n) is 7.93. The second-order valence-corrected chi connectivity index (χ2v) is 7.93. The van der Waals surface area contributed by atoms with E-state index < -0.39 is 11.7 Å². The van der Waals surface area contributed by atoms with Gasteiger partial charge in [0.2, 0.25) is 0 Å². The van der Waals surface area contributed by atoms with Gasteiger partial charge in [-0.05, 0) is 49.7 Å². The van der Waals surface area contributed by atoms with Gasteiger partial charge in [0.1, 0.15) is 11.4 Å². The van der Waals surface area contributed by atoms with Gasteiger partial charge < -0.3 is 9.42 Å². The number of benzene rings is 1. The van der Waals surface area contributed by atoms with Gasteiger partial charge in [-0.1, -0.05) is 5.16 Å². The van der Waals surface area contributed by atoms with Crippen LogP contribution in [-0.4, -0.2) is 32.4 Å². The number of alkyl halides is 3. The molecule has 3 aromatic heterocycles. The maximum absolute atomic E-state index is 13.5. The van der Waals surface area contributed by atoms with Crippen LogP contribution < -0.4 is 4.90 Å². The number of rotatable bonds is 3. The minimum absolute atomic E-state index is 0.0519. The van der Waals surface area contributed by atoms with Crippen molar-refractivity contribution >= 4 is 11.6 Å². The Morgan fingerprint density at radius 3 is 2.67 bits per heavy atom. The number of amides is 1. The van der Waals surface area contributed by atoms with Crippen molar-refractivity contribution in [2.24, 2.45) is 0 Å². The van der Waals surface area contributed by atoms with Gasteiger partial charge in [-0.3, -0.25) is 14.5 Å². The zero-order valence-corrected chi connectivity index (χ0v) is 17.7. The topological polar surface area (TPSA) is 77.1 Å². The van der Waals surface area contributed by atoms with E-state index in [0.717, 1.165) is 11.6 Å². The molecule has 0 saturated heterocycles. The van der Waals surface area contributed by atoms with Crippen molar-refractivity contribution in [2.45, 2.75) is 26.1 Å². The molecule has 1 aliphatic heterocycles. The number of aryl methyl sites for hydroxylation is 1. The zero-order chi connectivity index (χ0) is 23.3. The minimum Gasteiger partial charge on any atom is -0.356 e. The van der Waals surface area contributed by atoms with E-state index >= 15 is 0 Å². The number of halogens is 3. The predicted octanol–water partition coefficient (Wildman–Crippen LogP) is 5.15. The molecule has 7 nitrogen and oxygen atoms in total. The van der Waals surface area contributed by atoms with Crippen LogP contribution in [0.1, 0.15) is 34.6 Å².